The van der Waals surface area contributed by atoms with Gasteiger partial charge in [-0.1, -0.05) is 46.6 Å². The third kappa shape index (κ3) is 7.00. The van der Waals surface area contributed by atoms with Gasteiger partial charge in [0.1, 0.15) is 0 Å². The van der Waals surface area contributed by atoms with Crippen LogP contribution in [-0.2, 0) is 9.59 Å². The maximum absolute atomic E-state index is 13.0. The lowest BCUT2D eigenvalue weighted by molar-refractivity contribution is -0.119. The second-order valence-corrected chi connectivity index (χ2v) is 8.67. The summed E-state index contributed by atoms with van der Waals surface area (Å²) in [5.74, 6) is 1.28. The third-order valence-electron chi connectivity index (χ3n) is 5.25. The first-order chi connectivity index (χ1) is 12.9. The number of anilines is 2. The molecular weight excluding hydrogens is 336 g/mol. The van der Waals surface area contributed by atoms with E-state index in [-0.39, 0.29) is 17.9 Å². The Hall–Kier alpha value is -1.84. The molecule has 0 aliphatic heterocycles. The highest BCUT2D eigenvalue weighted by Gasteiger charge is 2.28. The summed E-state index contributed by atoms with van der Waals surface area (Å²) in [5.41, 5.74) is 1.69. The summed E-state index contributed by atoms with van der Waals surface area (Å²) in [6.45, 7) is 8.55. The SMILES string of the molecule is CC(C)CCC(=O)Nc1cccc(N(C(=O)CCC(C)C)C2CCCC2)c1. The molecule has 1 N–H and O–H groups in total. The van der Waals surface area contributed by atoms with Gasteiger partial charge in [0.25, 0.3) is 0 Å². The first-order valence-electron chi connectivity index (χ1n) is 10.6. The second kappa shape index (κ2) is 10.5. The van der Waals surface area contributed by atoms with E-state index in [9.17, 15) is 9.59 Å². The zero-order chi connectivity index (χ0) is 19.8. The lowest BCUT2D eigenvalue weighted by Crippen LogP contribution is -2.39. The monoisotopic (exact) mass is 372 g/mol. The molecule has 1 aromatic carbocycles. The van der Waals surface area contributed by atoms with E-state index in [1.807, 2.05) is 29.2 Å². The Labute approximate surface area is 164 Å². The van der Waals surface area contributed by atoms with Crippen molar-refractivity contribution in [2.45, 2.75) is 85.1 Å². The zero-order valence-electron chi connectivity index (χ0n) is 17.5. The summed E-state index contributed by atoms with van der Waals surface area (Å²) in [7, 11) is 0. The molecule has 4 nitrogen and oxygen atoms in total. The van der Waals surface area contributed by atoms with Crippen molar-refractivity contribution in [2.24, 2.45) is 11.8 Å². The highest BCUT2D eigenvalue weighted by molar-refractivity contribution is 5.96. The summed E-state index contributed by atoms with van der Waals surface area (Å²) in [6.07, 6.45) is 7.41. The molecule has 0 saturated heterocycles. The van der Waals surface area contributed by atoms with Crippen LogP contribution in [0.25, 0.3) is 0 Å². The highest BCUT2D eigenvalue weighted by atomic mass is 16.2. The number of hydrogen-bond donors (Lipinski definition) is 1. The van der Waals surface area contributed by atoms with Crippen LogP contribution in [0.15, 0.2) is 24.3 Å². The van der Waals surface area contributed by atoms with E-state index >= 15 is 0 Å². The minimum Gasteiger partial charge on any atom is -0.326 e. The molecule has 1 aliphatic carbocycles. The molecule has 2 rings (SSSR count). The number of hydrogen-bond acceptors (Lipinski definition) is 2. The molecule has 1 aromatic rings. The third-order valence-corrected chi connectivity index (χ3v) is 5.25. The van der Waals surface area contributed by atoms with E-state index < -0.39 is 0 Å². The van der Waals surface area contributed by atoms with Crippen molar-refractivity contribution in [1.82, 2.24) is 0 Å². The molecule has 1 saturated carbocycles. The first kappa shape index (κ1) is 21.5. The van der Waals surface area contributed by atoms with Gasteiger partial charge in [-0.25, -0.2) is 0 Å². The van der Waals surface area contributed by atoms with Crippen LogP contribution in [-0.4, -0.2) is 17.9 Å². The van der Waals surface area contributed by atoms with Crippen LogP contribution in [0, 0.1) is 11.8 Å². The Balaban J connectivity index is 2.12. The van der Waals surface area contributed by atoms with Gasteiger partial charge in [-0.2, -0.15) is 0 Å². The molecule has 1 fully saturated rings. The molecular formula is C23H36N2O2. The van der Waals surface area contributed by atoms with Crippen molar-refractivity contribution in [3.8, 4) is 0 Å². The molecule has 0 radical (unpaired) electrons. The largest absolute Gasteiger partial charge is 0.326 e. The van der Waals surface area contributed by atoms with Gasteiger partial charge >= 0.3 is 0 Å². The van der Waals surface area contributed by atoms with E-state index in [2.05, 4.69) is 33.0 Å². The molecule has 150 valence electrons. The second-order valence-electron chi connectivity index (χ2n) is 8.67. The maximum atomic E-state index is 13.0. The van der Waals surface area contributed by atoms with E-state index in [1.54, 1.807) is 0 Å². The van der Waals surface area contributed by atoms with Gasteiger partial charge in [-0.3, -0.25) is 9.59 Å². The average molecular weight is 373 g/mol. The normalized spacial score (nSPS) is 14.7. The van der Waals surface area contributed by atoms with Crippen molar-refractivity contribution < 1.29 is 9.59 Å². The van der Waals surface area contributed by atoms with Crippen molar-refractivity contribution >= 4 is 23.2 Å². The molecule has 0 aromatic heterocycles. The highest BCUT2D eigenvalue weighted by Crippen LogP contribution is 2.31. The standard InChI is InChI=1S/C23H36N2O2/c1-17(2)12-14-22(26)24-19-8-7-11-21(16-19)25(20-9-5-6-10-20)23(27)15-13-18(3)4/h7-8,11,16-18,20H,5-6,9-10,12-15H2,1-4H3,(H,24,26). The van der Waals surface area contributed by atoms with E-state index in [0.717, 1.165) is 37.1 Å². The van der Waals surface area contributed by atoms with Gasteiger partial charge in [-0.05, 0) is 55.7 Å². The molecule has 1 aliphatic rings. The number of benzene rings is 1. The number of rotatable bonds is 9. The molecule has 0 unspecified atom stereocenters. The average Bonchev–Trinajstić information content (AvgIpc) is 3.13. The Bertz CT molecular complexity index is 619. The molecule has 27 heavy (non-hydrogen) atoms. The maximum Gasteiger partial charge on any atom is 0.227 e. The fraction of sp³-hybridized carbons (Fsp3) is 0.652. The Morgan fingerprint density at radius 3 is 2.30 bits per heavy atom. The number of nitrogens with zero attached hydrogens (tertiary/aromatic N) is 1. The number of carbonyl (C=O) groups excluding carboxylic acids is 2. The van der Waals surface area contributed by atoms with Gasteiger partial charge in [-0.15, -0.1) is 0 Å². The molecule has 0 heterocycles. The Morgan fingerprint density at radius 1 is 1.04 bits per heavy atom. The van der Waals surface area contributed by atoms with Crippen molar-refractivity contribution in [2.75, 3.05) is 10.2 Å². The summed E-state index contributed by atoms with van der Waals surface area (Å²) in [4.78, 5) is 27.2. The predicted molar refractivity (Wildman–Crippen MR) is 113 cm³/mol. The fourth-order valence-corrected chi connectivity index (χ4v) is 3.63. The van der Waals surface area contributed by atoms with Crippen molar-refractivity contribution in [1.29, 1.82) is 0 Å². The van der Waals surface area contributed by atoms with Gasteiger partial charge in [0, 0.05) is 30.3 Å². The van der Waals surface area contributed by atoms with Crippen LogP contribution in [0.3, 0.4) is 0 Å². The smallest absolute Gasteiger partial charge is 0.227 e. The molecule has 4 heteroatoms. The van der Waals surface area contributed by atoms with E-state index in [4.69, 9.17) is 0 Å². The Kier molecular flexibility index (Phi) is 8.33. The lowest BCUT2D eigenvalue weighted by atomic mass is 10.1. The van der Waals surface area contributed by atoms with Crippen molar-refractivity contribution in [3.63, 3.8) is 0 Å². The predicted octanol–water partition coefficient (Wildman–Crippen LogP) is 5.77. The quantitative estimate of drug-likeness (QED) is 0.598. The van der Waals surface area contributed by atoms with Gasteiger partial charge in [0.05, 0.1) is 0 Å². The lowest BCUT2D eigenvalue weighted by Gasteiger charge is -2.30. The van der Waals surface area contributed by atoms with Gasteiger partial charge < -0.3 is 10.2 Å². The molecule has 0 atom stereocenters. The minimum atomic E-state index is 0.0411. The molecule has 0 spiro atoms. The molecule has 0 bridgehead atoms. The number of carbonyl (C=O) groups is 2. The number of amides is 2. The Morgan fingerprint density at radius 2 is 1.67 bits per heavy atom. The van der Waals surface area contributed by atoms with Gasteiger partial charge in [0.15, 0.2) is 0 Å². The van der Waals surface area contributed by atoms with Gasteiger partial charge in [0.2, 0.25) is 11.8 Å². The first-order valence-corrected chi connectivity index (χ1v) is 10.6. The van der Waals surface area contributed by atoms with Crippen LogP contribution in [0.4, 0.5) is 11.4 Å². The topological polar surface area (TPSA) is 49.4 Å². The van der Waals surface area contributed by atoms with E-state index in [1.165, 1.54) is 12.8 Å². The molecule has 2 amide bonds. The fourth-order valence-electron chi connectivity index (χ4n) is 3.63. The van der Waals surface area contributed by atoms with Crippen LogP contribution in [0.1, 0.15) is 79.1 Å². The van der Waals surface area contributed by atoms with Crippen LogP contribution in [0.5, 0.6) is 0 Å². The van der Waals surface area contributed by atoms with Crippen LogP contribution in [0.2, 0.25) is 0 Å². The van der Waals surface area contributed by atoms with Crippen LogP contribution >= 0.6 is 0 Å². The van der Waals surface area contributed by atoms with Crippen LogP contribution < -0.4 is 10.2 Å². The summed E-state index contributed by atoms with van der Waals surface area (Å²) in [5, 5.41) is 3.00. The summed E-state index contributed by atoms with van der Waals surface area (Å²) < 4.78 is 0. The van der Waals surface area contributed by atoms with Crippen molar-refractivity contribution in [3.05, 3.63) is 24.3 Å². The minimum absolute atomic E-state index is 0.0411. The zero-order valence-corrected chi connectivity index (χ0v) is 17.5. The summed E-state index contributed by atoms with van der Waals surface area (Å²) in [6, 6.07) is 8.08. The number of nitrogens with one attached hydrogen (secondary N) is 1. The summed E-state index contributed by atoms with van der Waals surface area (Å²) >= 11 is 0. The van der Waals surface area contributed by atoms with E-state index in [0.29, 0.717) is 24.7 Å².